The van der Waals surface area contributed by atoms with E-state index in [1.54, 1.807) is 0 Å². The van der Waals surface area contributed by atoms with Gasteiger partial charge in [-0.3, -0.25) is 4.90 Å². The Hall–Kier alpha value is -1.00. The van der Waals surface area contributed by atoms with Gasteiger partial charge in [0.1, 0.15) is 11.6 Å². The van der Waals surface area contributed by atoms with Crippen LogP contribution >= 0.6 is 0 Å². The van der Waals surface area contributed by atoms with Crippen molar-refractivity contribution in [1.82, 2.24) is 4.90 Å². The number of aliphatic hydroxyl groups is 1. The molecule has 0 radical (unpaired) electrons. The van der Waals surface area contributed by atoms with Crippen LogP contribution in [0.3, 0.4) is 0 Å². The highest BCUT2D eigenvalue weighted by molar-refractivity contribution is 5.23. The van der Waals surface area contributed by atoms with Crippen molar-refractivity contribution in [2.45, 2.75) is 38.3 Å². The van der Waals surface area contributed by atoms with E-state index in [-0.39, 0.29) is 0 Å². The second-order valence-corrected chi connectivity index (χ2v) is 5.45. The summed E-state index contributed by atoms with van der Waals surface area (Å²) < 4.78 is 26.4. The van der Waals surface area contributed by atoms with E-state index >= 15 is 0 Å². The van der Waals surface area contributed by atoms with Crippen LogP contribution in [0, 0.1) is 11.6 Å². The van der Waals surface area contributed by atoms with Gasteiger partial charge in [0.05, 0.1) is 6.10 Å². The smallest absolute Gasteiger partial charge is 0.126 e. The molecule has 0 bridgehead atoms. The molecule has 0 saturated carbocycles. The first-order chi connectivity index (χ1) is 8.41. The minimum Gasteiger partial charge on any atom is -0.386 e. The Balaban J connectivity index is 2.25. The van der Waals surface area contributed by atoms with Gasteiger partial charge in [-0.15, -0.1) is 0 Å². The Morgan fingerprint density at radius 3 is 2.11 bits per heavy atom. The van der Waals surface area contributed by atoms with Crippen LogP contribution in [0.25, 0.3) is 0 Å². The maximum atomic E-state index is 13.2. The number of benzene rings is 1. The lowest BCUT2D eigenvalue weighted by Gasteiger charge is -2.39. The van der Waals surface area contributed by atoms with E-state index in [4.69, 9.17) is 0 Å². The summed E-state index contributed by atoms with van der Waals surface area (Å²) in [5.41, 5.74) is -0.221. The zero-order valence-electron chi connectivity index (χ0n) is 10.8. The van der Waals surface area contributed by atoms with Gasteiger partial charge in [-0.2, -0.15) is 0 Å². The molecule has 1 saturated heterocycles. The molecule has 2 rings (SSSR count). The lowest BCUT2D eigenvalue weighted by molar-refractivity contribution is 0.00101. The number of hydrogen-bond acceptors (Lipinski definition) is 2. The molecular weight excluding hydrogens is 236 g/mol. The second kappa shape index (κ2) is 4.94. The summed E-state index contributed by atoms with van der Waals surface area (Å²) >= 11 is 0. The van der Waals surface area contributed by atoms with Crippen LogP contribution in [0.2, 0.25) is 0 Å². The van der Waals surface area contributed by atoms with Gasteiger partial charge in [0.2, 0.25) is 0 Å². The Kier molecular flexibility index (Phi) is 3.69. The molecule has 1 N–H and O–H groups in total. The van der Waals surface area contributed by atoms with Gasteiger partial charge in [-0.05, 0) is 57.5 Å². The van der Waals surface area contributed by atoms with Crippen molar-refractivity contribution in [3.63, 3.8) is 0 Å². The third-order valence-corrected chi connectivity index (χ3v) is 3.79. The van der Waals surface area contributed by atoms with Crippen LogP contribution in [0.4, 0.5) is 8.78 Å². The van der Waals surface area contributed by atoms with Crippen LogP contribution in [0.15, 0.2) is 18.2 Å². The fourth-order valence-corrected chi connectivity index (χ4v) is 2.61. The lowest BCUT2D eigenvalue weighted by Crippen LogP contribution is -2.46. The summed E-state index contributed by atoms with van der Waals surface area (Å²) in [6.07, 6.45) is 1.31. The molecule has 1 unspecified atom stereocenters. The van der Waals surface area contributed by atoms with Crippen LogP contribution in [-0.4, -0.2) is 28.6 Å². The molecule has 1 fully saturated rings. The van der Waals surface area contributed by atoms with Gasteiger partial charge in [0.15, 0.2) is 0 Å². The molecule has 18 heavy (non-hydrogen) atoms. The molecule has 0 aliphatic carbocycles. The topological polar surface area (TPSA) is 23.5 Å². The Morgan fingerprint density at radius 1 is 1.11 bits per heavy atom. The first-order valence-corrected chi connectivity index (χ1v) is 6.30. The van der Waals surface area contributed by atoms with Gasteiger partial charge in [0.25, 0.3) is 0 Å². The third kappa shape index (κ3) is 2.54. The van der Waals surface area contributed by atoms with E-state index in [0.717, 1.165) is 32.0 Å². The van der Waals surface area contributed by atoms with Gasteiger partial charge in [-0.1, -0.05) is 0 Å². The highest BCUT2D eigenvalue weighted by Crippen LogP contribution is 2.33. The van der Waals surface area contributed by atoms with Crippen LogP contribution < -0.4 is 0 Å². The fraction of sp³-hybridized carbons (Fsp3) is 0.571. The average molecular weight is 255 g/mol. The number of likely N-dealkylation sites (tertiary alicyclic amines) is 1. The number of halogens is 2. The van der Waals surface area contributed by atoms with Gasteiger partial charge in [-0.25, -0.2) is 8.78 Å². The minimum atomic E-state index is -0.902. The molecule has 0 aromatic heterocycles. The molecular formula is C14H19F2NO. The second-order valence-electron chi connectivity index (χ2n) is 5.45. The molecule has 4 heteroatoms. The normalized spacial score (nSPS) is 19.2. The molecule has 1 aromatic rings. The van der Waals surface area contributed by atoms with E-state index in [1.807, 2.05) is 13.8 Å². The monoisotopic (exact) mass is 255 g/mol. The Bertz CT molecular complexity index is 408. The van der Waals surface area contributed by atoms with Crippen molar-refractivity contribution in [2.75, 3.05) is 13.1 Å². The van der Waals surface area contributed by atoms with Crippen molar-refractivity contribution in [1.29, 1.82) is 0 Å². The highest BCUT2D eigenvalue weighted by Gasteiger charge is 2.36. The lowest BCUT2D eigenvalue weighted by atomic mass is 9.89. The fourth-order valence-electron chi connectivity index (χ4n) is 2.61. The molecule has 1 aromatic carbocycles. The van der Waals surface area contributed by atoms with Crippen LogP contribution in [-0.2, 0) is 0 Å². The van der Waals surface area contributed by atoms with Crippen LogP contribution in [0.1, 0.15) is 38.4 Å². The van der Waals surface area contributed by atoms with Crippen molar-refractivity contribution in [2.24, 2.45) is 0 Å². The first-order valence-electron chi connectivity index (χ1n) is 6.30. The number of hydrogen-bond donors (Lipinski definition) is 1. The Morgan fingerprint density at radius 2 is 1.61 bits per heavy atom. The van der Waals surface area contributed by atoms with Gasteiger partial charge < -0.3 is 5.11 Å². The average Bonchev–Trinajstić information content (AvgIpc) is 2.80. The number of aliphatic hydroxyl groups excluding tert-OH is 1. The highest BCUT2D eigenvalue weighted by atomic mass is 19.1. The van der Waals surface area contributed by atoms with Gasteiger partial charge >= 0.3 is 0 Å². The maximum absolute atomic E-state index is 13.2. The Labute approximate surface area is 106 Å². The first kappa shape index (κ1) is 13.4. The SMILES string of the molecule is CC(C)(C(O)c1cc(F)cc(F)c1)N1CCCC1. The van der Waals surface area contributed by atoms with Crippen molar-refractivity contribution < 1.29 is 13.9 Å². The van der Waals surface area contributed by atoms with E-state index in [1.165, 1.54) is 12.1 Å². The van der Waals surface area contributed by atoms with E-state index < -0.39 is 23.3 Å². The predicted molar refractivity (Wildman–Crippen MR) is 66.2 cm³/mol. The quantitative estimate of drug-likeness (QED) is 0.897. The van der Waals surface area contributed by atoms with Gasteiger partial charge in [0, 0.05) is 11.6 Å². The molecule has 2 nitrogen and oxygen atoms in total. The molecule has 1 heterocycles. The molecule has 1 aliphatic heterocycles. The zero-order chi connectivity index (χ0) is 13.3. The van der Waals surface area contributed by atoms with Crippen molar-refractivity contribution >= 4 is 0 Å². The summed E-state index contributed by atoms with van der Waals surface area (Å²) in [4.78, 5) is 2.17. The predicted octanol–water partition coefficient (Wildman–Crippen LogP) is 2.87. The molecule has 1 aliphatic rings. The summed E-state index contributed by atoms with van der Waals surface area (Å²) in [6.45, 7) is 5.65. The van der Waals surface area contributed by atoms with E-state index in [9.17, 15) is 13.9 Å². The van der Waals surface area contributed by atoms with Crippen molar-refractivity contribution in [3.8, 4) is 0 Å². The summed E-state index contributed by atoms with van der Waals surface area (Å²) in [5, 5.41) is 10.4. The number of nitrogens with zero attached hydrogens (tertiary/aromatic N) is 1. The standard InChI is InChI=1S/C14H19F2NO/c1-14(2,17-5-3-4-6-17)13(18)10-7-11(15)9-12(16)8-10/h7-9,13,18H,3-6H2,1-2H3. The molecule has 100 valence electrons. The third-order valence-electron chi connectivity index (χ3n) is 3.79. The van der Waals surface area contributed by atoms with Crippen molar-refractivity contribution in [3.05, 3.63) is 35.4 Å². The minimum absolute atomic E-state index is 0.296. The largest absolute Gasteiger partial charge is 0.386 e. The summed E-state index contributed by atoms with van der Waals surface area (Å²) in [5.74, 6) is -1.30. The molecule has 1 atom stereocenters. The molecule has 0 amide bonds. The zero-order valence-corrected chi connectivity index (χ0v) is 10.8. The number of rotatable bonds is 3. The summed E-state index contributed by atoms with van der Waals surface area (Å²) in [6, 6.07) is 3.22. The summed E-state index contributed by atoms with van der Waals surface area (Å²) in [7, 11) is 0. The maximum Gasteiger partial charge on any atom is 0.126 e. The van der Waals surface area contributed by atoms with E-state index in [2.05, 4.69) is 4.90 Å². The van der Waals surface area contributed by atoms with E-state index in [0.29, 0.717) is 5.56 Å². The molecule has 0 spiro atoms. The van der Waals surface area contributed by atoms with Crippen LogP contribution in [0.5, 0.6) is 0 Å².